The van der Waals surface area contributed by atoms with E-state index in [0.29, 0.717) is 18.6 Å². The second-order valence-electron chi connectivity index (χ2n) is 6.61. The lowest BCUT2D eigenvalue weighted by molar-refractivity contribution is -0.147. The molecule has 1 heterocycles. The molecule has 1 saturated carbocycles. The Kier molecular flexibility index (Phi) is 6.66. The van der Waals surface area contributed by atoms with Crippen LogP contribution in [-0.2, 0) is 30.4 Å². The number of hydrogen-bond donors (Lipinski definition) is 1. The summed E-state index contributed by atoms with van der Waals surface area (Å²) in [7, 11) is 0. The van der Waals surface area contributed by atoms with Crippen molar-refractivity contribution in [2.75, 3.05) is 6.61 Å². The normalized spacial score (nSPS) is 25.4. The maximum absolute atomic E-state index is 12.2. The molecule has 2 fully saturated rings. The lowest BCUT2D eigenvalue weighted by atomic mass is 9.90. The van der Waals surface area contributed by atoms with Gasteiger partial charge in [0.1, 0.15) is 11.9 Å². The molecule has 5 nitrogen and oxygen atoms in total. The largest absolute Gasteiger partial charge is 0.455 e. The van der Waals surface area contributed by atoms with Crippen LogP contribution in [0.15, 0.2) is 11.8 Å². The predicted octanol–water partition coefficient (Wildman–Crippen LogP) is 4.19. The number of carbonyl (C=O) groups is 1. The zero-order valence-corrected chi connectivity index (χ0v) is 16.0. The molecule has 1 atom stereocenters. The Morgan fingerprint density at radius 3 is 2.57 bits per heavy atom. The van der Waals surface area contributed by atoms with E-state index in [-0.39, 0.29) is 17.6 Å². The standard InChI is InChI=1S/C16H28NO4PS/c1-4-19-22(23,17-13(2)3)20-12-14-11-16(21-15(14)18)9-7-5-6-8-10-16/h12-13H,4-11H2,1-3H3,(H,17,23)/b14-12-. The Morgan fingerprint density at radius 2 is 2.00 bits per heavy atom. The molecule has 1 N–H and O–H groups in total. The Morgan fingerprint density at radius 1 is 1.35 bits per heavy atom. The molecule has 0 radical (unpaired) electrons. The highest BCUT2D eigenvalue weighted by Gasteiger charge is 2.43. The fraction of sp³-hybridized carbons (Fsp3) is 0.812. The number of rotatable bonds is 6. The molecule has 0 aromatic rings. The molecule has 1 spiro atoms. The van der Waals surface area contributed by atoms with Crippen molar-refractivity contribution in [3.8, 4) is 0 Å². The molecular weight excluding hydrogens is 333 g/mol. The van der Waals surface area contributed by atoms with Gasteiger partial charge in [-0.15, -0.1) is 0 Å². The van der Waals surface area contributed by atoms with E-state index in [1.54, 1.807) is 0 Å². The minimum atomic E-state index is -2.62. The molecular formula is C16H28NO4PS. The molecule has 1 aliphatic heterocycles. The zero-order chi connectivity index (χ0) is 16.9. The van der Waals surface area contributed by atoms with Crippen LogP contribution in [0.1, 0.15) is 65.7 Å². The summed E-state index contributed by atoms with van der Waals surface area (Å²) >= 11 is 5.48. The van der Waals surface area contributed by atoms with E-state index in [0.717, 1.165) is 25.7 Å². The molecule has 2 rings (SSSR count). The first kappa shape index (κ1) is 18.9. The van der Waals surface area contributed by atoms with Gasteiger partial charge in [-0.25, -0.2) is 9.88 Å². The average Bonchev–Trinajstić information content (AvgIpc) is 2.62. The minimum Gasteiger partial charge on any atom is -0.455 e. The van der Waals surface area contributed by atoms with E-state index in [4.69, 9.17) is 25.6 Å². The lowest BCUT2D eigenvalue weighted by Gasteiger charge is -2.25. The Balaban J connectivity index is 2.06. The van der Waals surface area contributed by atoms with Crippen LogP contribution in [0, 0.1) is 0 Å². The zero-order valence-electron chi connectivity index (χ0n) is 14.3. The highest BCUT2D eigenvalue weighted by molar-refractivity contribution is 8.09. The first-order chi connectivity index (χ1) is 10.9. The Hall–Kier alpha value is -0.420. The molecule has 0 aromatic carbocycles. The average molecular weight is 361 g/mol. The second kappa shape index (κ2) is 8.11. The van der Waals surface area contributed by atoms with Gasteiger partial charge in [0.15, 0.2) is 0 Å². The maximum atomic E-state index is 12.2. The molecule has 7 heteroatoms. The van der Waals surface area contributed by atoms with Crippen molar-refractivity contribution in [2.45, 2.75) is 77.4 Å². The van der Waals surface area contributed by atoms with Crippen molar-refractivity contribution in [3.63, 3.8) is 0 Å². The third kappa shape index (κ3) is 5.28. The minimum absolute atomic E-state index is 0.148. The van der Waals surface area contributed by atoms with Crippen molar-refractivity contribution in [3.05, 3.63) is 11.8 Å². The summed E-state index contributed by atoms with van der Waals surface area (Å²) in [6, 6.07) is 0.148. The summed E-state index contributed by atoms with van der Waals surface area (Å²) in [5.41, 5.74) is 0.258. The first-order valence-corrected chi connectivity index (χ1v) is 11.1. The van der Waals surface area contributed by atoms with Crippen LogP contribution < -0.4 is 5.09 Å². The van der Waals surface area contributed by atoms with Gasteiger partial charge < -0.3 is 13.8 Å². The van der Waals surface area contributed by atoms with E-state index in [9.17, 15) is 4.79 Å². The van der Waals surface area contributed by atoms with Gasteiger partial charge in [0.05, 0.1) is 12.2 Å². The summed E-state index contributed by atoms with van der Waals surface area (Å²) in [5, 5.41) is 3.16. The Labute approximate surface area is 144 Å². The molecule has 1 aliphatic carbocycles. The van der Waals surface area contributed by atoms with E-state index in [1.807, 2.05) is 20.8 Å². The molecule has 1 unspecified atom stereocenters. The van der Waals surface area contributed by atoms with Gasteiger partial charge in [-0.3, -0.25) is 0 Å². The molecule has 132 valence electrons. The quantitative estimate of drug-likeness (QED) is 0.331. The number of ether oxygens (including phenoxy) is 1. The van der Waals surface area contributed by atoms with Crippen molar-refractivity contribution >= 4 is 24.4 Å². The van der Waals surface area contributed by atoms with Crippen LogP contribution in [0.2, 0.25) is 0 Å². The SMILES string of the molecule is CCOP(=S)(NC(C)C)O/C=C1/CC2(CCCCCC2)OC1=O. The monoisotopic (exact) mass is 361 g/mol. The van der Waals surface area contributed by atoms with Gasteiger partial charge in [0.2, 0.25) is 0 Å². The number of hydrogen-bond acceptors (Lipinski definition) is 5. The molecule has 23 heavy (non-hydrogen) atoms. The van der Waals surface area contributed by atoms with Crippen molar-refractivity contribution in [1.82, 2.24) is 5.09 Å². The summed E-state index contributed by atoms with van der Waals surface area (Å²) in [6.45, 7) is 3.70. The van der Waals surface area contributed by atoms with E-state index in [1.165, 1.54) is 19.1 Å². The third-order valence-corrected chi connectivity index (χ3v) is 6.85. The Bertz CT molecular complexity index is 498. The van der Waals surface area contributed by atoms with Crippen LogP contribution >= 0.6 is 6.64 Å². The summed E-state index contributed by atoms with van der Waals surface area (Å²) in [6.07, 6.45) is 8.67. The molecule has 0 amide bonds. The van der Waals surface area contributed by atoms with Crippen LogP contribution in [-0.4, -0.2) is 24.2 Å². The summed E-state index contributed by atoms with van der Waals surface area (Å²) < 4.78 is 17.0. The molecule has 2 aliphatic rings. The smallest absolute Gasteiger partial charge is 0.337 e. The first-order valence-electron chi connectivity index (χ1n) is 8.51. The molecule has 0 aromatic heterocycles. The van der Waals surface area contributed by atoms with E-state index >= 15 is 0 Å². The number of nitrogens with one attached hydrogen (secondary N) is 1. The fourth-order valence-corrected chi connectivity index (χ4v) is 5.69. The highest BCUT2D eigenvalue weighted by Crippen LogP contribution is 2.47. The van der Waals surface area contributed by atoms with Gasteiger partial charge in [-0.2, -0.15) is 0 Å². The van der Waals surface area contributed by atoms with Gasteiger partial charge in [0, 0.05) is 12.5 Å². The topological polar surface area (TPSA) is 56.8 Å². The van der Waals surface area contributed by atoms with Crippen molar-refractivity contribution < 1.29 is 18.6 Å². The van der Waals surface area contributed by atoms with Gasteiger partial charge in [-0.05, 0) is 58.3 Å². The number of esters is 1. The second-order valence-corrected chi connectivity index (χ2v) is 9.78. The van der Waals surface area contributed by atoms with Crippen LogP contribution in [0.3, 0.4) is 0 Å². The van der Waals surface area contributed by atoms with E-state index < -0.39 is 6.64 Å². The van der Waals surface area contributed by atoms with Crippen LogP contribution in [0.25, 0.3) is 0 Å². The van der Waals surface area contributed by atoms with Gasteiger partial charge in [-0.1, -0.05) is 12.8 Å². The summed E-state index contributed by atoms with van der Waals surface area (Å²) in [5.74, 6) is -0.269. The predicted molar refractivity (Wildman–Crippen MR) is 94.5 cm³/mol. The van der Waals surface area contributed by atoms with Crippen LogP contribution in [0.5, 0.6) is 0 Å². The molecule has 1 saturated heterocycles. The highest BCUT2D eigenvalue weighted by atomic mass is 32.5. The maximum Gasteiger partial charge on any atom is 0.337 e. The van der Waals surface area contributed by atoms with E-state index in [2.05, 4.69) is 5.09 Å². The number of carbonyl (C=O) groups excluding carboxylic acids is 1. The van der Waals surface area contributed by atoms with Crippen LogP contribution in [0.4, 0.5) is 0 Å². The fourth-order valence-electron chi connectivity index (χ4n) is 3.18. The van der Waals surface area contributed by atoms with Crippen molar-refractivity contribution in [1.29, 1.82) is 0 Å². The summed E-state index contributed by atoms with van der Waals surface area (Å²) in [4.78, 5) is 12.2. The lowest BCUT2D eigenvalue weighted by Crippen LogP contribution is -2.27. The van der Waals surface area contributed by atoms with Gasteiger partial charge >= 0.3 is 12.6 Å². The third-order valence-electron chi connectivity index (χ3n) is 4.15. The van der Waals surface area contributed by atoms with Gasteiger partial charge in [0.25, 0.3) is 0 Å². The molecule has 0 bridgehead atoms. The van der Waals surface area contributed by atoms with Crippen molar-refractivity contribution in [2.24, 2.45) is 0 Å².